The van der Waals surface area contributed by atoms with Crippen LogP contribution in [0.3, 0.4) is 0 Å². The molecular weight excluding hydrogens is 368 g/mol. The molecule has 0 saturated carbocycles. The summed E-state index contributed by atoms with van der Waals surface area (Å²) in [5.41, 5.74) is -2.01. The van der Waals surface area contributed by atoms with Crippen LogP contribution in [0.5, 0.6) is 0 Å². The third kappa shape index (κ3) is 3.37. The van der Waals surface area contributed by atoms with E-state index in [1.165, 1.54) is 12.2 Å². The van der Waals surface area contributed by atoms with Crippen LogP contribution in [0.4, 0.5) is 0 Å². The lowest BCUT2D eigenvalue weighted by Crippen LogP contribution is -2.61. The van der Waals surface area contributed by atoms with Crippen LogP contribution in [-0.4, -0.2) is 97.5 Å². The fraction of sp³-hybridized carbons (Fsp3) is 0.688. The minimum Gasteiger partial charge on any atom is -0.478 e. The van der Waals surface area contributed by atoms with Gasteiger partial charge in [0.15, 0.2) is 6.29 Å². The van der Waals surface area contributed by atoms with Crippen molar-refractivity contribution in [3.05, 3.63) is 24.0 Å². The predicted molar refractivity (Wildman–Crippen MR) is 83.6 cm³/mol. The number of fused-ring (bicyclic) bond motifs is 1. The summed E-state index contributed by atoms with van der Waals surface area (Å²) in [7, 11) is 0. The van der Waals surface area contributed by atoms with Crippen LogP contribution in [0, 0.1) is 11.8 Å². The Morgan fingerprint density at radius 2 is 1.85 bits per heavy atom. The number of aliphatic carboxylic acids is 1. The standard InChI is InChI=1S/C16H22O11/c17-3-8-10(19)11(20)12(21)15(26-8)27-14-9-6(1-2-16(9,24)5-18)7(4-25-14)13(22)23/h1-2,4,6,8-12,14-15,17-21,24H,3,5H2,(H,22,23)/t6-,8+,9+,10-,11-,12+,14-,15-,16-/m0/s1. The van der Waals surface area contributed by atoms with E-state index in [0.717, 1.165) is 6.26 Å². The minimum atomic E-state index is -1.85. The van der Waals surface area contributed by atoms with Crippen molar-refractivity contribution in [3.8, 4) is 0 Å². The quantitative estimate of drug-likeness (QED) is 0.233. The van der Waals surface area contributed by atoms with Crippen LogP contribution in [-0.2, 0) is 19.0 Å². The molecule has 2 aliphatic heterocycles. The molecule has 1 aliphatic carbocycles. The van der Waals surface area contributed by atoms with Gasteiger partial charge in [-0.2, -0.15) is 0 Å². The van der Waals surface area contributed by atoms with Crippen molar-refractivity contribution in [1.29, 1.82) is 0 Å². The zero-order chi connectivity index (χ0) is 19.9. The van der Waals surface area contributed by atoms with Crippen LogP contribution in [0.15, 0.2) is 24.0 Å². The Kier molecular flexibility index (Phi) is 5.57. The Labute approximate surface area is 153 Å². The molecule has 2 heterocycles. The van der Waals surface area contributed by atoms with E-state index in [1.807, 2.05) is 0 Å². The largest absolute Gasteiger partial charge is 0.478 e. The van der Waals surface area contributed by atoms with Crippen LogP contribution >= 0.6 is 0 Å². The molecule has 11 heteroatoms. The number of carboxylic acids is 1. The Hall–Kier alpha value is -1.57. The number of carboxylic acid groups (broad SMARTS) is 1. The lowest BCUT2D eigenvalue weighted by atomic mass is 9.79. The van der Waals surface area contributed by atoms with E-state index in [0.29, 0.717) is 0 Å². The minimum absolute atomic E-state index is 0.158. The normalized spacial score (nSPS) is 46.5. The first-order valence-electron chi connectivity index (χ1n) is 8.31. The Balaban J connectivity index is 1.84. The number of carbonyl (C=O) groups is 1. The second kappa shape index (κ2) is 7.45. The van der Waals surface area contributed by atoms with Gasteiger partial charge in [0.1, 0.15) is 30.0 Å². The zero-order valence-corrected chi connectivity index (χ0v) is 14.0. The fourth-order valence-electron chi connectivity index (χ4n) is 3.60. The third-order valence-electron chi connectivity index (χ3n) is 5.15. The molecular formula is C16H22O11. The summed E-state index contributed by atoms with van der Waals surface area (Å²) in [5, 5.41) is 68.4. The van der Waals surface area contributed by atoms with E-state index in [9.17, 15) is 40.5 Å². The Morgan fingerprint density at radius 3 is 2.44 bits per heavy atom. The first-order chi connectivity index (χ1) is 12.7. The van der Waals surface area contributed by atoms with E-state index >= 15 is 0 Å². The van der Waals surface area contributed by atoms with Gasteiger partial charge in [-0.05, 0) is 0 Å². The highest BCUT2D eigenvalue weighted by Crippen LogP contribution is 2.45. The molecule has 3 aliphatic rings. The first kappa shape index (κ1) is 20.2. The molecule has 3 rings (SSSR count). The molecule has 27 heavy (non-hydrogen) atoms. The fourth-order valence-corrected chi connectivity index (χ4v) is 3.60. The van der Waals surface area contributed by atoms with Crippen molar-refractivity contribution in [1.82, 2.24) is 0 Å². The van der Waals surface area contributed by atoms with Crippen molar-refractivity contribution < 1.29 is 54.8 Å². The first-order valence-corrected chi connectivity index (χ1v) is 8.31. The number of allylic oxidation sites excluding steroid dienone is 1. The van der Waals surface area contributed by atoms with Crippen molar-refractivity contribution in [2.75, 3.05) is 13.2 Å². The zero-order valence-electron chi connectivity index (χ0n) is 14.0. The average Bonchev–Trinajstić information content (AvgIpc) is 3.01. The number of ether oxygens (including phenoxy) is 3. The topological polar surface area (TPSA) is 186 Å². The van der Waals surface area contributed by atoms with Gasteiger partial charge in [-0.15, -0.1) is 0 Å². The smallest absolute Gasteiger partial charge is 0.335 e. The van der Waals surface area contributed by atoms with E-state index in [2.05, 4.69) is 0 Å². The van der Waals surface area contributed by atoms with Gasteiger partial charge in [-0.25, -0.2) is 4.79 Å². The predicted octanol–water partition coefficient (Wildman–Crippen LogP) is -3.35. The monoisotopic (exact) mass is 390 g/mol. The molecule has 11 nitrogen and oxygen atoms in total. The van der Waals surface area contributed by atoms with E-state index < -0.39 is 73.6 Å². The maximum absolute atomic E-state index is 11.4. The molecule has 0 radical (unpaired) electrons. The molecule has 0 spiro atoms. The van der Waals surface area contributed by atoms with E-state index in [1.54, 1.807) is 0 Å². The molecule has 1 saturated heterocycles. The van der Waals surface area contributed by atoms with Gasteiger partial charge < -0.3 is 50.0 Å². The van der Waals surface area contributed by atoms with Crippen molar-refractivity contribution in [2.45, 2.75) is 42.6 Å². The van der Waals surface area contributed by atoms with Crippen LogP contribution in [0.25, 0.3) is 0 Å². The number of rotatable bonds is 5. The van der Waals surface area contributed by atoms with Gasteiger partial charge in [0.2, 0.25) is 6.29 Å². The van der Waals surface area contributed by atoms with Crippen LogP contribution in [0.2, 0.25) is 0 Å². The van der Waals surface area contributed by atoms with Crippen molar-refractivity contribution in [2.24, 2.45) is 11.8 Å². The molecule has 152 valence electrons. The van der Waals surface area contributed by atoms with Gasteiger partial charge in [-0.1, -0.05) is 12.2 Å². The van der Waals surface area contributed by atoms with E-state index in [4.69, 9.17) is 14.2 Å². The summed E-state index contributed by atoms with van der Waals surface area (Å²) >= 11 is 0. The highest BCUT2D eigenvalue weighted by Gasteiger charge is 2.55. The second-order valence-electron chi connectivity index (χ2n) is 6.78. The molecule has 0 aromatic carbocycles. The SMILES string of the molecule is O=C(O)C1=CO[C@@H](O[C@@H]2O[C@H](CO)[C@H](O)[C@H](O)[C@H]2O)[C@H]2[C@H]1C=C[C@]2(O)CO. The van der Waals surface area contributed by atoms with Gasteiger partial charge >= 0.3 is 5.97 Å². The summed E-state index contributed by atoms with van der Waals surface area (Å²) in [6.07, 6.45) is -5.48. The lowest BCUT2D eigenvalue weighted by molar-refractivity contribution is -0.346. The van der Waals surface area contributed by atoms with Gasteiger partial charge in [0, 0.05) is 5.92 Å². The summed E-state index contributed by atoms with van der Waals surface area (Å²) < 4.78 is 16.0. The van der Waals surface area contributed by atoms with Gasteiger partial charge in [0.25, 0.3) is 0 Å². The molecule has 0 aromatic heterocycles. The summed E-state index contributed by atoms with van der Waals surface area (Å²) in [6, 6.07) is 0. The number of hydrogen-bond acceptors (Lipinski definition) is 10. The Bertz CT molecular complexity index is 632. The molecule has 0 bridgehead atoms. The average molecular weight is 390 g/mol. The Morgan fingerprint density at radius 1 is 1.15 bits per heavy atom. The summed E-state index contributed by atoms with van der Waals surface area (Å²) in [6.45, 7) is -1.40. The van der Waals surface area contributed by atoms with Gasteiger partial charge in [-0.3, -0.25) is 0 Å². The van der Waals surface area contributed by atoms with Crippen molar-refractivity contribution in [3.63, 3.8) is 0 Å². The van der Waals surface area contributed by atoms with Crippen LogP contribution in [0.1, 0.15) is 0 Å². The number of hydrogen-bond donors (Lipinski definition) is 7. The lowest BCUT2D eigenvalue weighted by Gasteiger charge is -2.44. The molecule has 0 aromatic rings. The number of aliphatic hydroxyl groups excluding tert-OH is 5. The third-order valence-corrected chi connectivity index (χ3v) is 5.15. The maximum atomic E-state index is 11.4. The molecule has 0 unspecified atom stereocenters. The van der Waals surface area contributed by atoms with Crippen LogP contribution < -0.4 is 0 Å². The summed E-state index contributed by atoms with van der Waals surface area (Å²) in [4.78, 5) is 11.4. The van der Waals surface area contributed by atoms with Crippen molar-refractivity contribution >= 4 is 5.97 Å². The highest BCUT2D eigenvalue weighted by molar-refractivity contribution is 5.87. The molecule has 1 fully saturated rings. The second-order valence-corrected chi connectivity index (χ2v) is 6.78. The molecule has 7 N–H and O–H groups in total. The molecule has 0 amide bonds. The summed E-state index contributed by atoms with van der Waals surface area (Å²) in [5.74, 6) is -3.20. The van der Waals surface area contributed by atoms with E-state index in [-0.39, 0.29) is 5.57 Å². The number of aliphatic hydroxyl groups is 6. The maximum Gasteiger partial charge on any atom is 0.335 e. The molecule has 9 atom stereocenters. The van der Waals surface area contributed by atoms with Gasteiger partial charge in [0.05, 0.1) is 31.0 Å². The highest BCUT2D eigenvalue weighted by atomic mass is 16.8.